The second-order valence-corrected chi connectivity index (χ2v) is 4.20. The van der Waals surface area contributed by atoms with E-state index in [1.165, 1.54) is 0 Å². The lowest BCUT2D eigenvalue weighted by Crippen LogP contribution is -1.93. The molecule has 0 bridgehead atoms. The van der Waals surface area contributed by atoms with Gasteiger partial charge in [0.15, 0.2) is 0 Å². The van der Waals surface area contributed by atoms with Crippen LogP contribution in [0.2, 0.25) is 0 Å². The summed E-state index contributed by atoms with van der Waals surface area (Å²) in [6.07, 6.45) is 3.56. The third kappa shape index (κ3) is 2.68. The number of ether oxygens (including phenoxy) is 1. The van der Waals surface area contributed by atoms with Gasteiger partial charge in [-0.15, -0.1) is 12.4 Å². The van der Waals surface area contributed by atoms with Gasteiger partial charge in [-0.05, 0) is 24.3 Å². The highest BCUT2D eigenvalue weighted by atomic mass is 35.5. The Kier molecular flexibility index (Phi) is 4.43. The third-order valence-corrected chi connectivity index (χ3v) is 2.92. The highest BCUT2D eigenvalue weighted by molar-refractivity contribution is 5.85. The maximum Gasteiger partial charge on any atom is 0.122 e. The van der Waals surface area contributed by atoms with Crippen molar-refractivity contribution in [3.8, 4) is 11.4 Å². The number of halogens is 1. The van der Waals surface area contributed by atoms with Crippen LogP contribution in [-0.2, 0) is 0 Å². The smallest absolute Gasteiger partial charge is 0.122 e. The van der Waals surface area contributed by atoms with Gasteiger partial charge in [-0.3, -0.25) is 4.57 Å². The summed E-state index contributed by atoms with van der Waals surface area (Å²) in [5.74, 6) is 0.811. The van der Waals surface area contributed by atoms with E-state index in [2.05, 4.69) is 28.3 Å². The minimum Gasteiger partial charge on any atom is -0.489 e. The molecule has 0 saturated heterocycles. The first-order valence-electron chi connectivity index (χ1n) is 6.15. The van der Waals surface area contributed by atoms with Gasteiger partial charge in [-0.25, -0.2) is 4.98 Å². The lowest BCUT2D eigenvalue weighted by Gasteiger charge is -2.05. The van der Waals surface area contributed by atoms with Crippen molar-refractivity contribution in [2.45, 2.75) is 0 Å². The molecule has 0 aliphatic heterocycles. The van der Waals surface area contributed by atoms with Crippen LogP contribution in [0.4, 0.5) is 0 Å². The fourth-order valence-corrected chi connectivity index (χ4v) is 2.03. The van der Waals surface area contributed by atoms with Crippen LogP contribution in [0.5, 0.6) is 5.75 Å². The molecule has 20 heavy (non-hydrogen) atoms. The number of nitrogens with zero attached hydrogens (tertiary/aromatic N) is 2. The van der Waals surface area contributed by atoms with Crippen LogP contribution < -0.4 is 4.74 Å². The van der Waals surface area contributed by atoms with Gasteiger partial charge in [-0.2, -0.15) is 0 Å². The number of fused-ring (bicyclic) bond motifs is 1. The Morgan fingerprint density at radius 3 is 2.70 bits per heavy atom. The summed E-state index contributed by atoms with van der Waals surface area (Å²) >= 11 is 0. The van der Waals surface area contributed by atoms with Crippen LogP contribution in [-0.4, -0.2) is 16.2 Å². The fourth-order valence-electron chi connectivity index (χ4n) is 2.03. The number of hydrogen-bond donors (Lipinski definition) is 0. The van der Waals surface area contributed by atoms with Gasteiger partial charge < -0.3 is 4.74 Å². The van der Waals surface area contributed by atoms with Crippen LogP contribution in [0.25, 0.3) is 16.7 Å². The molecule has 1 heterocycles. The Labute approximate surface area is 123 Å². The second-order valence-electron chi connectivity index (χ2n) is 4.20. The molecule has 3 aromatic rings. The van der Waals surface area contributed by atoms with E-state index >= 15 is 0 Å². The average Bonchev–Trinajstić information content (AvgIpc) is 2.89. The molecule has 0 atom stereocenters. The van der Waals surface area contributed by atoms with E-state index in [0.717, 1.165) is 22.5 Å². The van der Waals surface area contributed by atoms with Crippen molar-refractivity contribution in [3.63, 3.8) is 0 Å². The Balaban J connectivity index is 0.00000147. The SMILES string of the molecule is C=CCOc1ccc2c(c1)ncn2-c1ccccc1.Cl. The molecule has 0 unspecified atom stereocenters. The van der Waals surface area contributed by atoms with Crippen molar-refractivity contribution < 1.29 is 4.74 Å². The molecular formula is C16H15ClN2O. The largest absolute Gasteiger partial charge is 0.489 e. The summed E-state index contributed by atoms with van der Waals surface area (Å²) in [6, 6.07) is 16.1. The predicted octanol–water partition coefficient (Wildman–Crippen LogP) is 4.01. The molecule has 2 aromatic carbocycles. The summed E-state index contributed by atoms with van der Waals surface area (Å²) in [5, 5.41) is 0. The van der Waals surface area contributed by atoms with Gasteiger partial charge in [0.05, 0.1) is 11.0 Å². The normalized spacial score (nSPS) is 10.0. The van der Waals surface area contributed by atoms with E-state index in [1.54, 1.807) is 6.08 Å². The maximum absolute atomic E-state index is 5.51. The molecule has 0 fully saturated rings. The molecule has 0 spiro atoms. The van der Waals surface area contributed by atoms with Crippen LogP contribution in [0, 0.1) is 0 Å². The first-order chi connectivity index (χ1) is 9.38. The van der Waals surface area contributed by atoms with Crippen LogP contribution in [0.3, 0.4) is 0 Å². The second kappa shape index (κ2) is 6.26. The summed E-state index contributed by atoms with van der Waals surface area (Å²) in [6.45, 7) is 4.14. The molecule has 3 rings (SSSR count). The van der Waals surface area contributed by atoms with E-state index in [1.807, 2.05) is 42.7 Å². The minimum atomic E-state index is 0. The number of hydrogen-bond acceptors (Lipinski definition) is 2. The number of aromatic nitrogens is 2. The van der Waals surface area contributed by atoms with E-state index in [0.29, 0.717) is 6.61 Å². The fraction of sp³-hybridized carbons (Fsp3) is 0.0625. The van der Waals surface area contributed by atoms with Crippen LogP contribution >= 0.6 is 12.4 Å². The third-order valence-electron chi connectivity index (χ3n) is 2.92. The summed E-state index contributed by atoms with van der Waals surface area (Å²) in [4.78, 5) is 4.42. The van der Waals surface area contributed by atoms with Gasteiger partial charge in [0.2, 0.25) is 0 Å². The van der Waals surface area contributed by atoms with E-state index in [-0.39, 0.29) is 12.4 Å². The van der Waals surface area contributed by atoms with E-state index < -0.39 is 0 Å². The standard InChI is InChI=1S/C16H14N2O.ClH/c1-2-10-19-14-8-9-16-15(11-14)17-12-18(16)13-6-4-3-5-7-13;/h2-9,11-12H,1,10H2;1H. The van der Waals surface area contributed by atoms with E-state index in [9.17, 15) is 0 Å². The van der Waals surface area contributed by atoms with Crippen molar-refractivity contribution in [2.24, 2.45) is 0 Å². The topological polar surface area (TPSA) is 27.1 Å². The summed E-state index contributed by atoms with van der Waals surface area (Å²) in [7, 11) is 0. The zero-order valence-electron chi connectivity index (χ0n) is 10.9. The Morgan fingerprint density at radius 2 is 1.95 bits per heavy atom. The molecule has 0 N–H and O–H groups in total. The molecular weight excluding hydrogens is 272 g/mol. The van der Waals surface area contributed by atoms with Crippen molar-refractivity contribution in [1.29, 1.82) is 0 Å². The van der Waals surface area contributed by atoms with E-state index in [4.69, 9.17) is 4.74 Å². The van der Waals surface area contributed by atoms with Crippen LogP contribution in [0.15, 0.2) is 67.5 Å². The van der Waals surface area contributed by atoms with Gasteiger partial charge in [0.1, 0.15) is 18.7 Å². The van der Waals surface area contributed by atoms with Gasteiger partial charge >= 0.3 is 0 Å². The number of imidazole rings is 1. The lowest BCUT2D eigenvalue weighted by molar-refractivity contribution is 0.363. The molecule has 102 valence electrons. The molecule has 0 radical (unpaired) electrons. The molecule has 4 heteroatoms. The first-order valence-corrected chi connectivity index (χ1v) is 6.15. The molecule has 0 aliphatic carbocycles. The average molecular weight is 287 g/mol. The monoisotopic (exact) mass is 286 g/mol. The minimum absolute atomic E-state index is 0. The molecule has 0 aliphatic rings. The Bertz CT molecular complexity index is 707. The highest BCUT2D eigenvalue weighted by Gasteiger charge is 2.05. The highest BCUT2D eigenvalue weighted by Crippen LogP contribution is 2.22. The Hall–Kier alpha value is -2.26. The predicted molar refractivity (Wildman–Crippen MR) is 84.0 cm³/mol. The summed E-state index contributed by atoms with van der Waals surface area (Å²) < 4.78 is 7.57. The molecule has 3 nitrogen and oxygen atoms in total. The van der Waals surface area contributed by atoms with Gasteiger partial charge in [-0.1, -0.05) is 30.9 Å². The quantitative estimate of drug-likeness (QED) is 0.678. The van der Waals surface area contributed by atoms with Crippen molar-refractivity contribution >= 4 is 23.4 Å². The molecule has 0 amide bonds. The van der Waals surface area contributed by atoms with Crippen LogP contribution in [0.1, 0.15) is 0 Å². The lowest BCUT2D eigenvalue weighted by atomic mass is 10.2. The zero-order chi connectivity index (χ0) is 13.1. The van der Waals surface area contributed by atoms with Crippen molar-refractivity contribution in [3.05, 3.63) is 67.5 Å². The number of rotatable bonds is 4. The molecule has 0 saturated carbocycles. The number of para-hydroxylation sites is 1. The Morgan fingerprint density at radius 1 is 1.15 bits per heavy atom. The number of benzene rings is 2. The van der Waals surface area contributed by atoms with Crippen molar-refractivity contribution in [1.82, 2.24) is 9.55 Å². The summed E-state index contributed by atoms with van der Waals surface area (Å²) in [5.41, 5.74) is 3.09. The van der Waals surface area contributed by atoms with Gasteiger partial charge in [0.25, 0.3) is 0 Å². The zero-order valence-corrected chi connectivity index (χ0v) is 11.7. The molecule has 1 aromatic heterocycles. The van der Waals surface area contributed by atoms with Crippen molar-refractivity contribution in [2.75, 3.05) is 6.61 Å². The van der Waals surface area contributed by atoms with Gasteiger partial charge in [0, 0.05) is 11.8 Å². The maximum atomic E-state index is 5.51. The first kappa shape index (κ1) is 14.2.